The average Bonchev–Trinajstić information content (AvgIpc) is 2.30. The number of carbonyl (C=O) groups is 2. The topological polar surface area (TPSA) is 60.4 Å². The maximum absolute atomic E-state index is 11.5. The molecule has 0 N–H and O–H groups in total. The van der Waals surface area contributed by atoms with E-state index in [0.29, 0.717) is 24.1 Å². The fourth-order valence-corrected chi connectivity index (χ4v) is 1.57. The minimum absolute atomic E-state index is 0. The van der Waals surface area contributed by atoms with Crippen LogP contribution in [0.3, 0.4) is 0 Å². The second-order valence-electron chi connectivity index (χ2n) is 3.48. The van der Waals surface area contributed by atoms with E-state index in [4.69, 9.17) is 0 Å². The number of hydrogen-bond donors (Lipinski definition) is 0. The molecule has 0 saturated heterocycles. The number of anilines is 1. The Morgan fingerprint density at radius 2 is 2.06 bits per heavy atom. The van der Waals surface area contributed by atoms with Crippen LogP contribution in [0.5, 0.6) is 0 Å². The first-order valence-corrected chi connectivity index (χ1v) is 5.31. The number of rotatable bonds is 4. The van der Waals surface area contributed by atoms with E-state index in [2.05, 4.69) is 0 Å². The molecule has 0 atom stereocenters. The molecule has 0 aromatic heterocycles. The van der Waals surface area contributed by atoms with Gasteiger partial charge in [-0.25, -0.2) is 0 Å². The van der Waals surface area contributed by atoms with Gasteiger partial charge < -0.3 is 10.0 Å². The zero-order valence-electron chi connectivity index (χ0n) is 10.8. The van der Waals surface area contributed by atoms with Crippen LogP contribution in [-0.4, -0.2) is 18.2 Å². The molecule has 4 nitrogen and oxygen atoms in total. The van der Waals surface area contributed by atoms with E-state index in [-0.39, 0.29) is 41.2 Å². The molecule has 0 heterocycles. The number of amides is 1. The van der Waals surface area contributed by atoms with Crippen LogP contribution >= 0.6 is 0 Å². The maximum atomic E-state index is 11.5. The van der Waals surface area contributed by atoms with E-state index in [1.807, 2.05) is 6.92 Å². The molecule has 0 unspecified atom stereocenters. The van der Waals surface area contributed by atoms with Gasteiger partial charge in [0, 0.05) is 24.7 Å². The van der Waals surface area contributed by atoms with Gasteiger partial charge in [0.2, 0.25) is 5.91 Å². The maximum Gasteiger partial charge on any atom is 1.00 e. The van der Waals surface area contributed by atoms with Crippen LogP contribution in [0.1, 0.15) is 24.2 Å². The summed E-state index contributed by atoms with van der Waals surface area (Å²) in [6.45, 7) is 3.85. The fourth-order valence-electron chi connectivity index (χ4n) is 1.57. The SMILES string of the molecule is CCN(C(C)=O)c1cccc(C(=O)/C=C/[O-])c1.[Na+]. The van der Waals surface area contributed by atoms with Gasteiger partial charge in [-0.1, -0.05) is 12.1 Å². The van der Waals surface area contributed by atoms with Crippen molar-refractivity contribution in [3.8, 4) is 0 Å². The number of carbonyl (C=O) groups excluding carboxylic acids is 2. The Bertz CT molecular complexity index is 457. The van der Waals surface area contributed by atoms with Crippen molar-refractivity contribution in [3.05, 3.63) is 42.2 Å². The number of nitrogens with zero attached hydrogens (tertiary/aromatic N) is 1. The quantitative estimate of drug-likeness (QED) is 0.274. The standard InChI is InChI=1S/C13H15NO3.Na/c1-3-14(10(2)16)12-6-4-5-11(9-12)13(17)7-8-15;/h4-9,15H,3H2,1-2H3;/q;+1/p-1/b8-7+;. The van der Waals surface area contributed by atoms with Crippen molar-refractivity contribution in [3.63, 3.8) is 0 Å². The molecule has 0 radical (unpaired) electrons. The molecular weight excluding hydrogens is 241 g/mol. The Kier molecular flexibility index (Phi) is 7.59. The molecule has 18 heavy (non-hydrogen) atoms. The molecule has 0 saturated carbocycles. The molecular formula is C13H14NNaO3. The van der Waals surface area contributed by atoms with Gasteiger partial charge >= 0.3 is 29.6 Å². The van der Waals surface area contributed by atoms with Crippen LogP contribution in [0, 0.1) is 0 Å². The Hall–Kier alpha value is -1.10. The first kappa shape index (κ1) is 16.9. The molecule has 0 aliphatic rings. The summed E-state index contributed by atoms with van der Waals surface area (Å²) in [6, 6.07) is 6.66. The zero-order chi connectivity index (χ0) is 12.8. The Labute approximate surface area is 129 Å². The van der Waals surface area contributed by atoms with Crippen molar-refractivity contribution in [1.29, 1.82) is 0 Å². The van der Waals surface area contributed by atoms with Gasteiger partial charge in [0.15, 0.2) is 5.78 Å². The predicted octanol–water partition coefficient (Wildman–Crippen LogP) is -1.88. The first-order chi connectivity index (χ1) is 8.10. The Morgan fingerprint density at radius 1 is 1.39 bits per heavy atom. The van der Waals surface area contributed by atoms with Crippen LogP contribution in [0.4, 0.5) is 5.69 Å². The fraction of sp³-hybridized carbons (Fsp3) is 0.231. The summed E-state index contributed by atoms with van der Waals surface area (Å²) in [5, 5.41) is 10.2. The summed E-state index contributed by atoms with van der Waals surface area (Å²) in [6.07, 6.45) is 1.42. The van der Waals surface area contributed by atoms with Gasteiger partial charge in [0.05, 0.1) is 0 Å². The van der Waals surface area contributed by atoms with E-state index in [1.165, 1.54) is 6.92 Å². The molecule has 0 aliphatic carbocycles. The monoisotopic (exact) mass is 255 g/mol. The number of allylic oxidation sites excluding steroid dienone is 1. The van der Waals surface area contributed by atoms with Crippen LogP contribution in [0.2, 0.25) is 0 Å². The summed E-state index contributed by atoms with van der Waals surface area (Å²) in [4.78, 5) is 24.4. The summed E-state index contributed by atoms with van der Waals surface area (Å²) >= 11 is 0. The zero-order valence-corrected chi connectivity index (χ0v) is 12.8. The van der Waals surface area contributed by atoms with Crippen molar-refractivity contribution in [2.75, 3.05) is 11.4 Å². The summed E-state index contributed by atoms with van der Waals surface area (Å²) < 4.78 is 0. The minimum atomic E-state index is -0.360. The molecule has 1 amide bonds. The van der Waals surface area contributed by atoms with Crippen molar-refractivity contribution >= 4 is 17.4 Å². The van der Waals surface area contributed by atoms with Crippen LogP contribution in [0.15, 0.2) is 36.6 Å². The largest absolute Gasteiger partial charge is 1.00 e. The third-order valence-corrected chi connectivity index (χ3v) is 2.36. The Balaban J connectivity index is 0.00000289. The molecule has 1 aromatic rings. The van der Waals surface area contributed by atoms with Gasteiger partial charge in [-0.05, 0) is 25.1 Å². The molecule has 0 aliphatic heterocycles. The minimum Gasteiger partial charge on any atom is -0.878 e. The predicted molar refractivity (Wildman–Crippen MR) is 63.6 cm³/mol. The smallest absolute Gasteiger partial charge is 0.878 e. The molecule has 90 valence electrons. The van der Waals surface area contributed by atoms with E-state index in [9.17, 15) is 14.7 Å². The second-order valence-corrected chi connectivity index (χ2v) is 3.48. The molecule has 1 rings (SSSR count). The van der Waals surface area contributed by atoms with Gasteiger partial charge in [-0.3, -0.25) is 9.59 Å². The summed E-state index contributed by atoms with van der Waals surface area (Å²) in [5.41, 5.74) is 1.06. The molecule has 1 aromatic carbocycles. The normalized spacial score (nSPS) is 9.89. The van der Waals surface area contributed by atoms with Crippen LogP contribution in [0.25, 0.3) is 0 Å². The van der Waals surface area contributed by atoms with Crippen molar-refractivity contribution < 1.29 is 44.3 Å². The van der Waals surface area contributed by atoms with Crippen LogP contribution in [-0.2, 0) is 4.79 Å². The number of hydrogen-bond acceptors (Lipinski definition) is 3. The van der Waals surface area contributed by atoms with Crippen molar-refractivity contribution in [2.24, 2.45) is 0 Å². The first-order valence-electron chi connectivity index (χ1n) is 5.31. The number of ketones is 1. The molecule has 0 bridgehead atoms. The van der Waals surface area contributed by atoms with Crippen LogP contribution < -0.4 is 39.6 Å². The van der Waals surface area contributed by atoms with Gasteiger partial charge in [-0.15, -0.1) is 6.26 Å². The van der Waals surface area contributed by atoms with E-state index >= 15 is 0 Å². The molecule has 0 fully saturated rings. The van der Waals surface area contributed by atoms with E-state index in [1.54, 1.807) is 29.2 Å². The average molecular weight is 255 g/mol. The third kappa shape index (κ3) is 4.29. The van der Waals surface area contributed by atoms with E-state index < -0.39 is 0 Å². The van der Waals surface area contributed by atoms with Gasteiger partial charge in [0.25, 0.3) is 0 Å². The summed E-state index contributed by atoms with van der Waals surface area (Å²) in [5.74, 6) is -0.446. The Morgan fingerprint density at radius 3 is 2.56 bits per heavy atom. The number of benzene rings is 1. The summed E-state index contributed by atoms with van der Waals surface area (Å²) in [7, 11) is 0. The van der Waals surface area contributed by atoms with Crippen molar-refractivity contribution in [2.45, 2.75) is 13.8 Å². The molecule has 5 heteroatoms. The van der Waals surface area contributed by atoms with Crippen molar-refractivity contribution in [1.82, 2.24) is 0 Å². The third-order valence-electron chi connectivity index (χ3n) is 2.36. The van der Waals surface area contributed by atoms with Gasteiger partial charge in [0.1, 0.15) is 0 Å². The molecule has 0 spiro atoms. The van der Waals surface area contributed by atoms with E-state index in [0.717, 1.165) is 6.08 Å². The van der Waals surface area contributed by atoms with Gasteiger partial charge in [-0.2, -0.15) is 0 Å². The second kappa shape index (κ2) is 8.08.